The number of hydrogen-bond donors (Lipinski definition) is 2. The number of rotatable bonds is 5. The van der Waals surface area contributed by atoms with Crippen LogP contribution >= 0.6 is 0 Å². The van der Waals surface area contributed by atoms with Crippen molar-refractivity contribution in [1.82, 2.24) is 5.32 Å². The van der Waals surface area contributed by atoms with E-state index in [1.165, 1.54) is 5.56 Å². The van der Waals surface area contributed by atoms with Gasteiger partial charge in [-0.2, -0.15) is 0 Å². The third-order valence-corrected chi connectivity index (χ3v) is 2.78. The number of nitrogens with two attached hydrogens (primary N) is 1. The summed E-state index contributed by atoms with van der Waals surface area (Å²) in [4.78, 5) is 0. The fourth-order valence-corrected chi connectivity index (χ4v) is 1.70. The van der Waals surface area contributed by atoms with Gasteiger partial charge in [-0.1, -0.05) is 29.8 Å². The van der Waals surface area contributed by atoms with Crippen LogP contribution in [0.4, 0.5) is 0 Å². The van der Waals surface area contributed by atoms with Gasteiger partial charge in [0.1, 0.15) is 0 Å². The van der Waals surface area contributed by atoms with E-state index in [-0.39, 0.29) is 6.04 Å². The quantitative estimate of drug-likeness (QED) is 0.829. The van der Waals surface area contributed by atoms with Crippen molar-refractivity contribution in [3.63, 3.8) is 0 Å². The van der Waals surface area contributed by atoms with E-state index in [2.05, 4.69) is 36.5 Å². The van der Waals surface area contributed by atoms with Crippen LogP contribution in [0.25, 0.3) is 0 Å². The van der Waals surface area contributed by atoms with Crippen LogP contribution in [0.1, 0.15) is 22.7 Å². The molecule has 0 bridgehead atoms. The molecule has 3 nitrogen and oxygen atoms in total. The molecule has 0 aliphatic carbocycles. The second-order valence-corrected chi connectivity index (χ2v) is 4.28. The molecule has 1 unspecified atom stereocenters. The van der Waals surface area contributed by atoms with Crippen molar-refractivity contribution in [2.75, 3.05) is 6.54 Å². The number of hydrogen-bond acceptors (Lipinski definition) is 3. The van der Waals surface area contributed by atoms with E-state index in [1.54, 1.807) is 12.5 Å². The largest absolute Gasteiger partial charge is 0.472 e. The van der Waals surface area contributed by atoms with Gasteiger partial charge in [0, 0.05) is 24.7 Å². The Balaban J connectivity index is 1.81. The summed E-state index contributed by atoms with van der Waals surface area (Å²) in [5.74, 6) is 0. The van der Waals surface area contributed by atoms with Gasteiger partial charge >= 0.3 is 0 Å². The second kappa shape index (κ2) is 5.66. The van der Waals surface area contributed by atoms with E-state index >= 15 is 0 Å². The molecule has 0 spiro atoms. The summed E-state index contributed by atoms with van der Waals surface area (Å²) in [6.45, 7) is 3.62. The highest BCUT2D eigenvalue weighted by molar-refractivity contribution is 5.24. The van der Waals surface area contributed by atoms with Gasteiger partial charge in [0.05, 0.1) is 12.5 Å². The Morgan fingerprint density at radius 2 is 2.00 bits per heavy atom. The molecule has 3 N–H and O–H groups in total. The Labute approximate surface area is 102 Å². The molecular weight excluding hydrogens is 212 g/mol. The van der Waals surface area contributed by atoms with Gasteiger partial charge in [-0.3, -0.25) is 0 Å². The van der Waals surface area contributed by atoms with Crippen molar-refractivity contribution in [2.45, 2.75) is 19.5 Å². The van der Waals surface area contributed by atoms with E-state index < -0.39 is 0 Å². The van der Waals surface area contributed by atoms with Crippen LogP contribution < -0.4 is 11.1 Å². The Hall–Kier alpha value is -1.58. The molecule has 0 fully saturated rings. The zero-order valence-corrected chi connectivity index (χ0v) is 10.0. The molecule has 0 saturated carbocycles. The van der Waals surface area contributed by atoms with E-state index in [0.717, 1.165) is 24.2 Å². The first-order valence-corrected chi connectivity index (χ1v) is 5.79. The van der Waals surface area contributed by atoms with Gasteiger partial charge in [-0.25, -0.2) is 0 Å². The zero-order valence-electron chi connectivity index (χ0n) is 10.0. The molecule has 0 amide bonds. The molecule has 2 rings (SSSR count). The van der Waals surface area contributed by atoms with Crippen LogP contribution in [0.5, 0.6) is 0 Å². The van der Waals surface area contributed by atoms with Crippen LogP contribution in [0.3, 0.4) is 0 Å². The normalized spacial score (nSPS) is 12.6. The van der Waals surface area contributed by atoms with E-state index in [4.69, 9.17) is 10.2 Å². The smallest absolute Gasteiger partial charge is 0.0947 e. The Bertz CT molecular complexity index is 434. The van der Waals surface area contributed by atoms with Crippen LogP contribution in [-0.4, -0.2) is 6.54 Å². The molecule has 0 saturated heterocycles. The number of aryl methyl sites for hydroxylation is 1. The van der Waals surface area contributed by atoms with Crippen molar-refractivity contribution in [2.24, 2.45) is 5.73 Å². The molecule has 1 aromatic heterocycles. The minimum Gasteiger partial charge on any atom is -0.472 e. The third kappa shape index (κ3) is 3.44. The Morgan fingerprint density at radius 1 is 1.24 bits per heavy atom. The summed E-state index contributed by atoms with van der Waals surface area (Å²) in [6.07, 6.45) is 3.42. The van der Waals surface area contributed by atoms with E-state index in [9.17, 15) is 0 Å². The van der Waals surface area contributed by atoms with Crippen molar-refractivity contribution < 1.29 is 4.42 Å². The minimum absolute atomic E-state index is 0.0301. The highest BCUT2D eigenvalue weighted by Gasteiger charge is 2.04. The molecular formula is C14H18N2O. The lowest BCUT2D eigenvalue weighted by molar-refractivity contribution is 0.555. The topological polar surface area (TPSA) is 51.2 Å². The third-order valence-electron chi connectivity index (χ3n) is 2.78. The summed E-state index contributed by atoms with van der Waals surface area (Å²) in [5.41, 5.74) is 9.66. The van der Waals surface area contributed by atoms with Crippen LogP contribution in [0.2, 0.25) is 0 Å². The number of furan rings is 1. The van der Waals surface area contributed by atoms with Gasteiger partial charge in [-0.05, 0) is 18.6 Å². The van der Waals surface area contributed by atoms with Gasteiger partial charge in [-0.15, -0.1) is 0 Å². The molecule has 0 radical (unpaired) electrons. The SMILES string of the molecule is Cc1ccc(C(N)CNCc2ccoc2)cc1. The predicted octanol–water partition coefficient (Wildman–Crippen LogP) is 2.38. The lowest BCUT2D eigenvalue weighted by atomic mass is 10.1. The van der Waals surface area contributed by atoms with Gasteiger partial charge in [0.2, 0.25) is 0 Å². The highest BCUT2D eigenvalue weighted by atomic mass is 16.3. The van der Waals surface area contributed by atoms with Crippen molar-refractivity contribution in [3.8, 4) is 0 Å². The number of benzene rings is 1. The lowest BCUT2D eigenvalue weighted by Crippen LogP contribution is -2.26. The first kappa shape index (κ1) is 11.9. The second-order valence-electron chi connectivity index (χ2n) is 4.28. The first-order chi connectivity index (χ1) is 8.25. The summed E-state index contributed by atoms with van der Waals surface area (Å²) in [5, 5.41) is 3.32. The molecule has 1 aromatic carbocycles. The molecule has 0 aliphatic heterocycles. The number of nitrogens with one attached hydrogen (secondary N) is 1. The summed E-state index contributed by atoms with van der Waals surface area (Å²) >= 11 is 0. The van der Waals surface area contributed by atoms with E-state index in [0.29, 0.717) is 0 Å². The zero-order chi connectivity index (χ0) is 12.1. The monoisotopic (exact) mass is 230 g/mol. The maximum Gasteiger partial charge on any atom is 0.0947 e. The maximum absolute atomic E-state index is 6.10. The highest BCUT2D eigenvalue weighted by Crippen LogP contribution is 2.10. The average Bonchev–Trinajstić information content (AvgIpc) is 2.83. The average molecular weight is 230 g/mol. The predicted molar refractivity (Wildman–Crippen MR) is 68.5 cm³/mol. The van der Waals surface area contributed by atoms with Crippen molar-refractivity contribution in [3.05, 3.63) is 59.5 Å². The summed E-state index contributed by atoms with van der Waals surface area (Å²) in [6, 6.07) is 10.3. The molecule has 2 aromatic rings. The Morgan fingerprint density at radius 3 is 2.65 bits per heavy atom. The van der Waals surface area contributed by atoms with Crippen LogP contribution in [0.15, 0.2) is 47.3 Å². The lowest BCUT2D eigenvalue weighted by Gasteiger charge is -2.13. The van der Waals surface area contributed by atoms with Crippen LogP contribution in [-0.2, 0) is 6.54 Å². The molecule has 90 valence electrons. The molecule has 3 heteroatoms. The molecule has 1 atom stereocenters. The molecule has 1 heterocycles. The maximum atomic E-state index is 6.10. The van der Waals surface area contributed by atoms with Crippen molar-refractivity contribution >= 4 is 0 Å². The minimum atomic E-state index is 0.0301. The molecule has 17 heavy (non-hydrogen) atoms. The van der Waals surface area contributed by atoms with Gasteiger partial charge in [0.25, 0.3) is 0 Å². The van der Waals surface area contributed by atoms with Gasteiger partial charge < -0.3 is 15.5 Å². The summed E-state index contributed by atoms with van der Waals surface area (Å²) in [7, 11) is 0. The Kier molecular flexibility index (Phi) is 3.96. The standard InChI is InChI=1S/C14H18N2O/c1-11-2-4-13(5-3-11)14(15)9-16-8-12-6-7-17-10-12/h2-7,10,14,16H,8-9,15H2,1H3. The van der Waals surface area contributed by atoms with Crippen LogP contribution in [0, 0.1) is 6.92 Å². The van der Waals surface area contributed by atoms with E-state index in [1.807, 2.05) is 6.07 Å². The fraction of sp³-hybridized carbons (Fsp3) is 0.286. The van der Waals surface area contributed by atoms with Crippen molar-refractivity contribution in [1.29, 1.82) is 0 Å². The first-order valence-electron chi connectivity index (χ1n) is 5.79. The van der Waals surface area contributed by atoms with Gasteiger partial charge in [0.15, 0.2) is 0 Å². The molecule has 0 aliphatic rings. The fourth-order valence-electron chi connectivity index (χ4n) is 1.70. The summed E-state index contributed by atoms with van der Waals surface area (Å²) < 4.78 is 5.00.